The van der Waals surface area contributed by atoms with Crippen LogP contribution in [0.1, 0.15) is 20.7 Å². The fourth-order valence-electron chi connectivity index (χ4n) is 2.56. The molecule has 2 amide bonds. The Morgan fingerprint density at radius 3 is 2.05 bits per heavy atom. The standard InChI is InChI=1S/C13H11F2NO3/c14-13(15)9(10(13)6-17)5-16-11(18)7-3-1-2-4-8(7)12(16)19/h1-4,9-10,17H,5-6H2/t9-,10+/m1/s1. The first kappa shape index (κ1) is 12.2. The topological polar surface area (TPSA) is 57.6 Å². The minimum Gasteiger partial charge on any atom is -0.396 e. The van der Waals surface area contributed by atoms with Gasteiger partial charge in [0, 0.05) is 6.54 Å². The van der Waals surface area contributed by atoms with E-state index in [2.05, 4.69) is 0 Å². The zero-order valence-electron chi connectivity index (χ0n) is 9.85. The highest BCUT2D eigenvalue weighted by Gasteiger charge is 2.68. The van der Waals surface area contributed by atoms with Crippen molar-refractivity contribution >= 4 is 11.8 Å². The number of aliphatic hydroxyl groups excluding tert-OH is 1. The van der Waals surface area contributed by atoms with Crippen LogP contribution in [0.3, 0.4) is 0 Å². The molecule has 0 unspecified atom stereocenters. The van der Waals surface area contributed by atoms with E-state index >= 15 is 0 Å². The van der Waals surface area contributed by atoms with Gasteiger partial charge in [0.2, 0.25) is 0 Å². The number of hydrogen-bond acceptors (Lipinski definition) is 3. The lowest BCUT2D eigenvalue weighted by molar-refractivity contribution is 0.0557. The first-order chi connectivity index (χ1) is 8.98. The largest absolute Gasteiger partial charge is 0.396 e. The molecule has 0 bridgehead atoms. The minimum atomic E-state index is -3.00. The fraction of sp³-hybridized carbons (Fsp3) is 0.385. The molecule has 2 atom stereocenters. The van der Waals surface area contributed by atoms with Gasteiger partial charge in [-0.05, 0) is 12.1 Å². The van der Waals surface area contributed by atoms with E-state index in [1.807, 2.05) is 0 Å². The molecule has 1 aromatic rings. The Morgan fingerprint density at radius 2 is 1.63 bits per heavy atom. The molecule has 0 aromatic heterocycles. The molecule has 1 saturated carbocycles. The summed E-state index contributed by atoms with van der Waals surface area (Å²) >= 11 is 0. The highest BCUT2D eigenvalue weighted by molar-refractivity contribution is 6.21. The average molecular weight is 267 g/mol. The van der Waals surface area contributed by atoms with Crippen LogP contribution in [-0.2, 0) is 0 Å². The van der Waals surface area contributed by atoms with E-state index < -0.39 is 36.2 Å². The third-order valence-electron chi connectivity index (χ3n) is 3.82. The van der Waals surface area contributed by atoms with E-state index in [9.17, 15) is 18.4 Å². The molecule has 1 fully saturated rings. The van der Waals surface area contributed by atoms with Gasteiger partial charge in [0.1, 0.15) is 0 Å². The van der Waals surface area contributed by atoms with Gasteiger partial charge in [0.05, 0.1) is 29.6 Å². The molecule has 3 rings (SSSR count). The van der Waals surface area contributed by atoms with E-state index in [1.165, 1.54) is 12.1 Å². The Bertz CT molecular complexity index is 538. The predicted octanol–water partition coefficient (Wildman–Crippen LogP) is 1.16. The summed E-state index contributed by atoms with van der Waals surface area (Å²) < 4.78 is 26.6. The molecule has 1 heterocycles. The molecule has 19 heavy (non-hydrogen) atoms. The lowest BCUT2D eigenvalue weighted by atomic mass is 10.1. The maximum Gasteiger partial charge on any atom is 0.261 e. The predicted molar refractivity (Wildman–Crippen MR) is 60.8 cm³/mol. The van der Waals surface area contributed by atoms with Crippen LogP contribution in [0.25, 0.3) is 0 Å². The van der Waals surface area contributed by atoms with Crippen LogP contribution in [0.15, 0.2) is 24.3 Å². The van der Waals surface area contributed by atoms with Crippen molar-refractivity contribution in [1.29, 1.82) is 0 Å². The number of rotatable bonds is 3. The van der Waals surface area contributed by atoms with Crippen molar-refractivity contribution in [2.45, 2.75) is 5.92 Å². The summed E-state index contributed by atoms with van der Waals surface area (Å²) in [7, 11) is 0. The molecule has 0 radical (unpaired) electrons. The second kappa shape index (κ2) is 3.84. The number of aliphatic hydroxyl groups is 1. The molecule has 1 aliphatic heterocycles. The number of hydrogen-bond donors (Lipinski definition) is 1. The van der Waals surface area contributed by atoms with E-state index in [1.54, 1.807) is 12.1 Å². The van der Waals surface area contributed by atoms with Gasteiger partial charge < -0.3 is 5.11 Å². The summed E-state index contributed by atoms with van der Waals surface area (Å²) in [6.45, 7) is -0.981. The SMILES string of the molecule is O=C1c2ccccc2C(=O)N1C[C@@H]1[C@H](CO)C1(F)F. The van der Waals surface area contributed by atoms with Crippen molar-refractivity contribution in [1.82, 2.24) is 4.90 Å². The zero-order valence-corrected chi connectivity index (χ0v) is 9.85. The van der Waals surface area contributed by atoms with Gasteiger partial charge in [0.15, 0.2) is 0 Å². The van der Waals surface area contributed by atoms with Crippen LogP contribution in [0.2, 0.25) is 0 Å². The molecule has 6 heteroatoms. The van der Waals surface area contributed by atoms with Gasteiger partial charge in [-0.1, -0.05) is 12.1 Å². The van der Waals surface area contributed by atoms with Crippen LogP contribution < -0.4 is 0 Å². The van der Waals surface area contributed by atoms with Crippen molar-refractivity contribution in [2.75, 3.05) is 13.2 Å². The maximum atomic E-state index is 13.3. The summed E-state index contributed by atoms with van der Waals surface area (Å²) in [5.41, 5.74) is 0.494. The first-order valence-corrected chi connectivity index (χ1v) is 5.92. The zero-order chi connectivity index (χ0) is 13.8. The summed E-state index contributed by atoms with van der Waals surface area (Å²) in [5, 5.41) is 8.82. The smallest absolute Gasteiger partial charge is 0.261 e. The highest BCUT2D eigenvalue weighted by Crippen LogP contribution is 2.55. The number of carbonyl (C=O) groups excluding carboxylic acids is 2. The minimum absolute atomic E-state index is 0.247. The van der Waals surface area contributed by atoms with E-state index in [-0.39, 0.29) is 17.7 Å². The van der Waals surface area contributed by atoms with Crippen LogP contribution in [-0.4, -0.2) is 40.9 Å². The monoisotopic (exact) mass is 267 g/mol. The van der Waals surface area contributed by atoms with Crippen LogP contribution in [0, 0.1) is 11.8 Å². The molecule has 100 valence electrons. The van der Waals surface area contributed by atoms with Crippen LogP contribution >= 0.6 is 0 Å². The van der Waals surface area contributed by atoms with E-state index in [0.29, 0.717) is 0 Å². The Balaban J connectivity index is 1.82. The number of amides is 2. The van der Waals surface area contributed by atoms with Crippen molar-refractivity contribution in [3.8, 4) is 0 Å². The number of benzene rings is 1. The molecule has 2 aliphatic rings. The van der Waals surface area contributed by atoms with Crippen LogP contribution in [0.5, 0.6) is 0 Å². The third kappa shape index (κ3) is 1.59. The number of nitrogens with zero attached hydrogens (tertiary/aromatic N) is 1. The summed E-state index contributed by atoms with van der Waals surface area (Å²) in [4.78, 5) is 24.8. The molecule has 4 nitrogen and oxygen atoms in total. The lowest BCUT2D eigenvalue weighted by Crippen LogP contribution is -2.32. The number of imide groups is 1. The van der Waals surface area contributed by atoms with E-state index in [4.69, 9.17) is 5.11 Å². The van der Waals surface area contributed by atoms with Gasteiger partial charge >= 0.3 is 0 Å². The number of alkyl halides is 2. The van der Waals surface area contributed by atoms with Gasteiger partial charge in [-0.15, -0.1) is 0 Å². The molecule has 0 saturated heterocycles. The molecule has 1 N–H and O–H groups in total. The van der Waals surface area contributed by atoms with E-state index in [0.717, 1.165) is 4.90 Å². The second-order valence-corrected chi connectivity index (χ2v) is 4.84. The number of halogens is 2. The Hall–Kier alpha value is -1.82. The first-order valence-electron chi connectivity index (χ1n) is 5.92. The molecule has 1 aromatic carbocycles. The van der Waals surface area contributed by atoms with Crippen molar-refractivity contribution in [3.05, 3.63) is 35.4 Å². The normalized spacial score (nSPS) is 27.6. The number of carbonyl (C=O) groups is 2. The second-order valence-electron chi connectivity index (χ2n) is 4.84. The lowest BCUT2D eigenvalue weighted by Gasteiger charge is -2.12. The molecule has 1 aliphatic carbocycles. The van der Waals surface area contributed by atoms with Gasteiger partial charge in [0.25, 0.3) is 17.7 Å². The molecule has 0 spiro atoms. The van der Waals surface area contributed by atoms with Crippen molar-refractivity contribution < 1.29 is 23.5 Å². The number of fused-ring (bicyclic) bond motifs is 1. The van der Waals surface area contributed by atoms with Gasteiger partial charge in [-0.25, -0.2) is 8.78 Å². The fourth-order valence-corrected chi connectivity index (χ4v) is 2.56. The van der Waals surface area contributed by atoms with Gasteiger partial charge in [-0.2, -0.15) is 0 Å². The molecular formula is C13H11F2NO3. The highest BCUT2D eigenvalue weighted by atomic mass is 19.3. The third-order valence-corrected chi connectivity index (χ3v) is 3.82. The Morgan fingerprint density at radius 1 is 1.11 bits per heavy atom. The Kier molecular flexibility index (Phi) is 2.47. The van der Waals surface area contributed by atoms with Crippen molar-refractivity contribution in [3.63, 3.8) is 0 Å². The summed E-state index contributed by atoms with van der Waals surface area (Å²) in [6, 6.07) is 6.25. The van der Waals surface area contributed by atoms with Crippen molar-refractivity contribution in [2.24, 2.45) is 11.8 Å². The van der Waals surface area contributed by atoms with Crippen LogP contribution in [0.4, 0.5) is 8.78 Å². The summed E-state index contributed by atoms with van der Waals surface area (Å²) in [6.07, 6.45) is 0. The quantitative estimate of drug-likeness (QED) is 0.836. The molecular weight excluding hydrogens is 256 g/mol. The maximum absolute atomic E-state index is 13.3. The Labute approximate surface area is 107 Å². The summed E-state index contributed by atoms with van der Waals surface area (Å²) in [5.74, 6) is -6.37. The average Bonchev–Trinajstić information content (AvgIpc) is 2.84. The van der Waals surface area contributed by atoms with Gasteiger partial charge in [-0.3, -0.25) is 14.5 Å².